The average molecular weight is 384 g/mol. The van der Waals surface area contributed by atoms with E-state index in [2.05, 4.69) is 10.5 Å². The number of halogens is 1. The standard InChI is InChI=1S/C15H14ClN3O3S2/c1-23-12-5-2-10(3-6-12)9-18-19-15(20)11-4-7-13(16)14(8-11)24(17,21)22/h2-9H,1H3,(H,19,20)(H2,17,21,22)/b18-9-. The summed E-state index contributed by atoms with van der Waals surface area (Å²) in [4.78, 5) is 12.8. The number of benzene rings is 2. The molecule has 0 atom stereocenters. The van der Waals surface area contributed by atoms with Gasteiger partial charge in [-0.1, -0.05) is 23.7 Å². The lowest BCUT2D eigenvalue weighted by Gasteiger charge is -2.05. The van der Waals surface area contributed by atoms with Crippen LogP contribution in [0.2, 0.25) is 5.02 Å². The molecule has 0 fully saturated rings. The van der Waals surface area contributed by atoms with Crippen LogP contribution < -0.4 is 10.6 Å². The van der Waals surface area contributed by atoms with Crippen LogP contribution in [0.3, 0.4) is 0 Å². The zero-order chi connectivity index (χ0) is 17.7. The van der Waals surface area contributed by atoms with Gasteiger partial charge < -0.3 is 0 Å². The number of primary sulfonamides is 1. The van der Waals surface area contributed by atoms with Gasteiger partial charge in [0.05, 0.1) is 11.2 Å². The number of rotatable bonds is 5. The number of nitrogens with one attached hydrogen (secondary N) is 1. The maximum Gasteiger partial charge on any atom is 0.271 e. The molecule has 0 aliphatic carbocycles. The van der Waals surface area contributed by atoms with E-state index in [1.165, 1.54) is 18.3 Å². The molecule has 0 bridgehead atoms. The molecule has 0 saturated carbocycles. The van der Waals surface area contributed by atoms with Gasteiger partial charge in [-0.25, -0.2) is 19.0 Å². The molecule has 0 unspecified atom stereocenters. The lowest BCUT2D eigenvalue weighted by Crippen LogP contribution is -2.19. The fourth-order valence-corrected chi connectivity index (χ4v) is 3.26. The first-order valence-corrected chi connectivity index (χ1v) is 9.76. The highest BCUT2D eigenvalue weighted by Gasteiger charge is 2.16. The largest absolute Gasteiger partial charge is 0.271 e. The first-order valence-electron chi connectivity index (χ1n) is 6.61. The third kappa shape index (κ3) is 4.81. The maximum atomic E-state index is 12.0. The maximum absolute atomic E-state index is 12.0. The Morgan fingerprint density at radius 1 is 1.25 bits per heavy atom. The van der Waals surface area contributed by atoms with Crippen LogP contribution in [-0.4, -0.2) is 26.8 Å². The second-order valence-electron chi connectivity index (χ2n) is 4.66. The highest BCUT2D eigenvalue weighted by Crippen LogP contribution is 2.21. The van der Waals surface area contributed by atoms with Gasteiger partial charge in [-0.15, -0.1) is 11.8 Å². The molecule has 24 heavy (non-hydrogen) atoms. The van der Waals surface area contributed by atoms with Crippen LogP contribution in [0.25, 0.3) is 0 Å². The van der Waals surface area contributed by atoms with Crippen molar-refractivity contribution in [2.75, 3.05) is 6.26 Å². The Labute approximate surface area is 149 Å². The summed E-state index contributed by atoms with van der Waals surface area (Å²) in [7, 11) is -4.01. The van der Waals surface area contributed by atoms with Gasteiger partial charge in [0.15, 0.2) is 0 Å². The van der Waals surface area contributed by atoms with Gasteiger partial charge in [0.25, 0.3) is 5.91 Å². The number of hydrazone groups is 1. The third-order valence-electron chi connectivity index (χ3n) is 3.00. The molecule has 0 spiro atoms. The van der Waals surface area contributed by atoms with Gasteiger partial charge in [0, 0.05) is 10.5 Å². The molecule has 6 nitrogen and oxygen atoms in total. The van der Waals surface area contributed by atoms with E-state index in [-0.39, 0.29) is 15.5 Å². The predicted molar refractivity (Wildman–Crippen MR) is 96.1 cm³/mol. The average Bonchev–Trinajstić information content (AvgIpc) is 2.54. The first-order chi connectivity index (χ1) is 11.3. The van der Waals surface area contributed by atoms with Gasteiger partial charge in [-0.05, 0) is 42.2 Å². The van der Waals surface area contributed by atoms with Crippen molar-refractivity contribution in [1.82, 2.24) is 5.43 Å². The van der Waals surface area contributed by atoms with Crippen molar-refractivity contribution in [3.8, 4) is 0 Å². The Bertz CT molecular complexity index is 881. The molecule has 0 aliphatic rings. The molecule has 0 radical (unpaired) electrons. The number of sulfonamides is 1. The van der Waals surface area contributed by atoms with Crippen molar-refractivity contribution in [2.24, 2.45) is 10.2 Å². The van der Waals surface area contributed by atoms with Gasteiger partial charge >= 0.3 is 0 Å². The van der Waals surface area contributed by atoms with Crippen LogP contribution in [-0.2, 0) is 10.0 Å². The van der Waals surface area contributed by atoms with Crippen LogP contribution in [0.15, 0.2) is 57.4 Å². The van der Waals surface area contributed by atoms with E-state index in [0.717, 1.165) is 16.5 Å². The van der Waals surface area contributed by atoms with Gasteiger partial charge in [-0.3, -0.25) is 4.79 Å². The number of amides is 1. The zero-order valence-corrected chi connectivity index (χ0v) is 15.0. The van der Waals surface area contributed by atoms with E-state index < -0.39 is 15.9 Å². The summed E-state index contributed by atoms with van der Waals surface area (Å²) in [6, 6.07) is 11.4. The van der Waals surface area contributed by atoms with Crippen molar-refractivity contribution in [1.29, 1.82) is 0 Å². The minimum Gasteiger partial charge on any atom is -0.267 e. The Morgan fingerprint density at radius 3 is 2.50 bits per heavy atom. The van der Waals surface area contributed by atoms with E-state index >= 15 is 0 Å². The van der Waals surface area contributed by atoms with Crippen LogP contribution in [0.5, 0.6) is 0 Å². The summed E-state index contributed by atoms with van der Waals surface area (Å²) in [5.41, 5.74) is 3.22. The minimum absolute atomic E-state index is 0.0496. The van der Waals surface area contributed by atoms with E-state index in [4.69, 9.17) is 16.7 Å². The number of carbonyl (C=O) groups is 1. The predicted octanol–water partition coefficient (Wildman–Crippen LogP) is 2.47. The SMILES string of the molecule is CSc1ccc(/C=N\NC(=O)c2ccc(Cl)c(S(N)(=O)=O)c2)cc1. The quantitative estimate of drug-likeness (QED) is 0.470. The van der Waals surface area contributed by atoms with Crippen molar-refractivity contribution in [2.45, 2.75) is 9.79 Å². The Morgan fingerprint density at radius 2 is 1.92 bits per heavy atom. The van der Waals surface area contributed by atoms with Gasteiger partial charge in [0.2, 0.25) is 10.0 Å². The smallest absolute Gasteiger partial charge is 0.267 e. The Hall–Kier alpha value is -1.87. The second-order valence-corrected chi connectivity index (χ2v) is 7.48. The van der Waals surface area contributed by atoms with Crippen LogP contribution in [0.4, 0.5) is 0 Å². The topological polar surface area (TPSA) is 102 Å². The fraction of sp³-hybridized carbons (Fsp3) is 0.0667. The number of hydrogen-bond acceptors (Lipinski definition) is 5. The first kappa shape index (κ1) is 18.5. The minimum atomic E-state index is -4.01. The number of thioether (sulfide) groups is 1. The molecule has 0 saturated heterocycles. The van der Waals surface area contributed by atoms with Crippen molar-refractivity contribution in [3.05, 3.63) is 58.6 Å². The highest BCUT2D eigenvalue weighted by molar-refractivity contribution is 7.98. The summed E-state index contributed by atoms with van der Waals surface area (Å²) < 4.78 is 22.8. The lowest BCUT2D eigenvalue weighted by molar-refractivity contribution is 0.0955. The zero-order valence-electron chi connectivity index (χ0n) is 12.6. The molecule has 2 aromatic rings. The van der Waals surface area contributed by atoms with Gasteiger partial charge in [-0.2, -0.15) is 5.10 Å². The summed E-state index contributed by atoms with van der Waals surface area (Å²) >= 11 is 7.40. The summed E-state index contributed by atoms with van der Waals surface area (Å²) in [5, 5.41) is 8.84. The molecule has 126 valence electrons. The molecular weight excluding hydrogens is 370 g/mol. The van der Waals surface area contributed by atoms with Crippen LogP contribution in [0, 0.1) is 0 Å². The van der Waals surface area contributed by atoms with E-state index in [1.807, 2.05) is 30.5 Å². The third-order valence-corrected chi connectivity index (χ3v) is 5.13. The molecule has 0 aromatic heterocycles. The van der Waals surface area contributed by atoms with E-state index in [1.54, 1.807) is 11.8 Å². The van der Waals surface area contributed by atoms with Crippen LogP contribution in [0.1, 0.15) is 15.9 Å². The monoisotopic (exact) mass is 383 g/mol. The summed E-state index contributed by atoms with van der Waals surface area (Å²) in [6.07, 6.45) is 3.46. The number of hydrogen-bond donors (Lipinski definition) is 2. The Kier molecular flexibility index (Phi) is 6.00. The molecule has 0 heterocycles. The van der Waals surface area contributed by atoms with Gasteiger partial charge in [0.1, 0.15) is 4.90 Å². The summed E-state index contributed by atoms with van der Waals surface area (Å²) in [5.74, 6) is -0.575. The second kappa shape index (κ2) is 7.80. The van der Waals surface area contributed by atoms with Crippen molar-refractivity contribution < 1.29 is 13.2 Å². The number of nitrogens with zero attached hydrogens (tertiary/aromatic N) is 1. The molecule has 2 aromatic carbocycles. The van der Waals surface area contributed by atoms with Crippen LogP contribution >= 0.6 is 23.4 Å². The molecule has 9 heteroatoms. The Balaban J connectivity index is 2.11. The van der Waals surface area contributed by atoms with E-state index in [9.17, 15) is 13.2 Å². The molecular formula is C15H14ClN3O3S2. The molecule has 3 N–H and O–H groups in total. The number of nitrogens with two attached hydrogens (primary N) is 1. The summed E-state index contributed by atoms with van der Waals surface area (Å²) in [6.45, 7) is 0. The fourth-order valence-electron chi connectivity index (χ4n) is 1.78. The molecule has 2 rings (SSSR count). The number of carbonyl (C=O) groups excluding carboxylic acids is 1. The van der Waals surface area contributed by atoms with E-state index in [0.29, 0.717) is 0 Å². The van der Waals surface area contributed by atoms with Crippen molar-refractivity contribution in [3.63, 3.8) is 0 Å². The molecule has 0 aliphatic heterocycles. The lowest BCUT2D eigenvalue weighted by atomic mass is 10.2. The molecule has 1 amide bonds. The normalized spacial score (nSPS) is 11.6. The highest BCUT2D eigenvalue weighted by atomic mass is 35.5. The van der Waals surface area contributed by atoms with Crippen molar-refractivity contribution >= 4 is 45.5 Å².